The SMILES string of the molecule is CN=C(NCCCOC)NC1CC1c1cccc(Cl)c1. The molecule has 0 aliphatic heterocycles. The number of hydrogen-bond donors (Lipinski definition) is 2. The molecule has 5 heteroatoms. The summed E-state index contributed by atoms with van der Waals surface area (Å²) in [7, 11) is 3.51. The summed E-state index contributed by atoms with van der Waals surface area (Å²) in [5.41, 5.74) is 1.30. The molecule has 0 bridgehead atoms. The van der Waals surface area contributed by atoms with E-state index in [9.17, 15) is 0 Å². The Hall–Kier alpha value is -1.26. The van der Waals surface area contributed by atoms with Gasteiger partial charge in [0.05, 0.1) is 0 Å². The van der Waals surface area contributed by atoms with Crippen molar-refractivity contribution in [2.45, 2.75) is 24.8 Å². The van der Waals surface area contributed by atoms with Gasteiger partial charge in [0, 0.05) is 44.3 Å². The fourth-order valence-corrected chi connectivity index (χ4v) is 2.45. The van der Waals surface area contributed by atoms with Gasteiger partial charge in [-0.15, -0.1) is 0 Å². The lowest BCUT2D eigenvalue weighted by Crippen LogP contribution is -2.39. The average molecular weight is 296 g/mol. The van der Waals surface area contributed by atoms with Crippen LogP contribution in [0.15, 0.2) is 29.3 Å². The van der Waals surface area contributed by atoms with Crippen LogP contribution in [-0.4, -0.2) is 39.3 Å². The molecule has 2 atom stereocenters. The molecule has 1 aromatic carbocycles. The zero-order chi connectivity index (χ0) is 14.4. The highest BCUT2D eigenvalue weighted by molar-refractivity contribution is 6.30. The topological polar surface area (TPSA) is 45.7 Å². The highest BCUT2D eigenvalue weighted by Crippen LogP contribution is 2.41. The third-order valence-corrected chi connectivity index (χ3v) is 3.67. The summed E-state index contributed by atoms with van der Waals surface area (Å²) in [6, 6.07) is 8.54. The second kappa shape index (κ2) is 7.50. The van der Waals surface area contributed by atoms with Gasteiger partial charge in [0.2, 0.25) is 0 Å². The van der Waals surface area contributed by atoms with Gasteiger partial charge in [0.15, 0.2) is 5.96 Å². The van der Waals surface area contributed by atoms with Gasteiger partial charge in [-0.05, 0) is 30.5 Å². The molecule has 0 amide bonds. The summed E-state index contributed by atoms with van der Waals surface area (Å²) in [5, 5.41) is 7.53. The fraction of sp³-hybridized carbons (Fsp3) is 0.533. The number of rotatable bonds is 6. The summed E-state index contributed by atoms with van der Waals surface area (Å²) in [4.78, 5) is 4.24. The first-order chi connectivity index (χ1) is 9.74. The molecule has 1 aromatic rings. The first-order valence-electron chi connectivity index (χ1n) is 6.96. The smallest absolute Gasteiger partial charge is 0.191 e. The molecule has 1 aliphatic rings. The third kappa shape index (κ3) is 4.39. The van der Waals surface area contributed by atoms with Crippen LogP contribution in [0.5, 0.6) is 0 Å². The molecule has 0 spiro atoms. The molecule has 0 radical (unpaired) electrons. The van der Waals surface area contributed by atoms with Crippen LogP contribution < -0.4 is 10.6 Å². The minimum atomic E-state index is 0.446. The van der Waals surface area contributed by atoms with Gasteiger partial charge in [-0.1, -0.05) is 23.7 Å². The summed E-state index contributed by atoms with van der Waals surface area (Å²) >= 11 is 6.03. The quantitative estimate of drug-likeness (QED) is 0.481. The summed E-state index contributed by atoms with van der Waals surface area (Å²) in [6.45, 7) is 1.63. The lowest BCUT2D eigenvalue weighted by atomic mass is 10.1. The second-order valence-corrected chi connectivity index (χ2v) is 5.43. The lowest BCUT2D eigenvalue weighted by Gasteiger charge is -2.11. The number of ether oxygens (including phenoxy) is 1. The van der Waals surface area contributed by atoms with E-state index in [1.54, 1.807) is 14.2 Å². The van der Waals surface area contributed by atoms with E-state index in [1.807, 2.05) is 18.2 Å². The number of halogens is 1. The molecule has 0 heterocycles. The molecular weight excluding hydrogens is 274 g/mol. The minimum Gasteiger partial charge on any atom is -0.385 e. The molecule has 1 saturated carbocycles. The summed E-state index contributed by atoms with van der Waals surface area (Å²) < 4.78 is 5.02. The Labute approximate surface area is 125 Å². The van der Waals surface area contributed by atoms with Crippen molar-refractivity contribution in [1.29, 1.82) is 0 Å². The average Bonchev–Trinajstić information content (AvgIpc) is 3.21. The lowest BCUT2D eigenvalue weighted by molar-refractivity contribution is 0.195. The fourth-order valence-electron chi connectivity index (χ4n) is 2.25. The van der Waals surface area contributed by atoms with Gasteiger partial charge in [-0.2, -0.15) is 0 Å². The zero-order valence-electron chi connectivity index (χ0n) is 12.0. The first kappa shape index (κ1) is 15.1. The van der Waals surface area contributed by atoms with Crippen molar-refractivity contribution in [2.75, 3.05) is 27.3 Å². The van der Waals surface area contributed by atoms with Gasteiger partial charge in [0.1, 0.15) is 0 Å². The summed E-state index contributed by atoms with van der Waals surface area (Å²) in [6.07, 6.45) is 2.10. The molecule has 0 saturated heterocycles. The Bertz CT molecular complexity index is 464. The predicted molar refractivity (Wildman–Crippen MR) is 83.6 cm³/mol. The first-order valence-corrected chi connectivity index (χ1v) is 7.34. The van der Waals surface area contributed by atoms with E-state index < -0.39 is 0 Å². The van der Waals surface area contributed by atoms with Gasteiger partial charge < -0.3 is 15.4 Å². The largest absolute Gasteiger partial charge is 0.385 e. The normalized spacial score (nSPS) is 21.6. The van der Waals surface area contributed by atoms with Crippen molar-refractivity contribution in [1.82, 2.24) is 10.6 Å². The summed E-state index contributed by atoms with van der Waals surface area (Å²) in [5.74, 6) is 1.39. The number of guanidine groups is 1. The van der Waals surface area contributed by atoms with Crippen LogP contribution in [0, 0.1) is 0 Å². The maximum Gasteiger partial charge on any atom is 0.191 e. The molecule has 110 valence electrons. The van der Waals surface area contributed by atoms with Crippen molar-refractivity contribution in [3.05, 3.63) is 34.9 Å². The van der Waals surface area contributed by atoms with Gasteiger partial charge in [-0.25, -0.2) is 0 Å². The monoisotopic (exact) mass is 295 g/mol. The minimum absolute atomic E-state index is 0.446. The van der Waals surface area contributed by atoms with Crippen LogP contribution in [-0.2, 0) is 4.74 Å². The van der Waals surface area contributed by atoms with Crippen molar-refractivity contribution in [3.8, 4) is 0 Å². The van der Waals surface area contributed by atoms with Crippen LogP contribution in [0.2, 0.25) is 5.02 Å². The standard InChI is InChI=1S/C15H22ClN3O/c1-17-15(18-7-4-8-20-2)19-14-10-13(14)11-5-3-6-12(16)9-11/h3,5-6,9,13-14H,4,7-8,10H2,1-2H3,(H2,17,18,19). The number of aliphatic imine (C=N–C) groups is 1. The van der Waals surface area contributed by atoms with Crippen LogP contribution >= 0.6 is 11.6 Å². The van der Waals surface area contributed by atoms with E-state index in [0.717, 1.165) is 37.0 Å². The van der Waals surface area contributed by atoms with Crippen molar-refractivity contribution < 1.29 is 4.74 Å². The Kier molecular flexibility index (Phi) is 5.68. The number of nitrogens with one attached hydrogen (secondary N) is 2. The Balaban J connectivity index is 1.77. The van der Waals surface area contributed by atoms with E-state index in [0.29, 0.717) is 12.0 Å². The van der Waals surface area contributed by atoms with Crippen LogP contribution in [0.25, 0.3) is 0 Å². The molecular formula is C15H22ClN3O. The van der Waals surface area contributed by atoms with Crippen LogP contribution in [0.1, 0.15) is 24.3 Å². The number of hydrogen-bond acceptors (Lipinski definition) is 2. The molecule has 2 rings (SSSR count). The molecule has 0 aromatic heterocycles. The Morgan fingerprint density at radius 1 is 1.50 bits per heavy atom. The zero-order valence-corrected chi connectivity index (χ0v) is 12.8. The van der Waals surface area contributed by atoms with E-state index in [4.69, 9.17) is 16.3 Å². The van der Waals surface area contributed by atoms with Gasteiger partial charge in [-0.3, -0.25) is 4.99 Å². The molecule has 2 N–H and O–H groups in total. The molecule has 20 heavy (non-hydrogen) atoms. The van der Waals surface area contributed by atoms with Crippen molar-refractivity contribution in [3.63, 3.8) is 0 Å². The highest BCUT2D eigenvalue weighted by atomic mass is 35.5. The molecule has 2 unspecified atom stereocenters. The van der Waals surface area contributed by atoms with E-state index in [2.05, 4.69) is 21.7 Å². The second-order valence-electron chi connectivity index (χ2n) is 4.99. The van der Waals surface area contributed by atoms with E-state index >= 15 is 0 Å². The Morgan fingerprint density at radius 3 is 3.05 bits per heavy atom. The molecule has 4 nitrogen and oxygen atoms in total. The van der Waals surface area contributed by atoms with Crippen LogP contribution in [0.3, 0.4) is 0 Å². The Morgan fingerprint density at radius 2 is 2.35 bits per heavy atom. The third-order valence-electron chi connectivity index (χ3n) is 3.43. The molecule has 1 fully saturated rings. The van der Waals surface area contributed by atoms with E-state index in [1.165, 1.54) is 5.56 Å². The predicted octanol–water partition coefficient (Wildman–Crippen LogP) is 2.40. The van der Waals surface area contributed by atoms with Gasteiger partial charge >= 0.3 is 0 Å². The number of nitrogens with zero attached hydrogens (tertiary/aromatic N) is 1. The van der Waals surface area contributed by atoms with Crippen LogP contribution in [0.4, 0.5) is 0 Å². The van der Waals surface area contributed by atoms with E-state index in [-0.39, 0.29) is 0 Å². The number of benzene rings is 1. The maximum atomic E-state index is 6.03. The number of methoxy groups -OCH3 is 1. The maximum absolute atomic E-state index is 6.03. The van der Waals surface area contributed by atoms with Crippen molar-refractivity contribution >= 4 is 17.6 Å². The van der Waals surface area contributed by atoms with Gasteiger partial charge in [0.25, 0.3) is 0 Å². The highest BCUT2D eigenvalue weighted by Gasteiger charge is 2.39. The van der Waals surface area contributed by atoms with Crippen molar-refractivity contribution in [2.24, 2.45) is 4.99 Å². The molecule has 1 aliphatic carbocycles.